The van der Waals surface area contributed by atoms with Gasteiger partial charge in [-0.2, -0.15) is 15.0 Å². The van der Waals surface area contributed by atoms with E-state index in [2.05, 4.69) is 34.1 Å². The molecule has 1 heterocycles. The Kier molecular flexibility index (Phi) is 4.07. The molecule has 0 spiro atoms. The van der Waals surface area contributed by atoms with Crippen molar-refractivity contribution < 1.29 is 4.74 Å². The quantitative estimate of drug-likeness (QED) is 0.849. The van der Waals surface area contributed by atoms with E-state index in [0.29, 0.717) is 30.0 Å². The number of aromatic nitrogens is 3. The molecule has 1 aromatic rings. The van der Waals surface area contributed by atoms with Crippen LogP contribution >= 0.6 is 0 Å². The fraction of sp³-hybridized carbons (Fsp3) is 0.769. The van der Waals surface area contributed by atoms with E-state index in [9.17, 15) is 0 Å². The Morgan fingerprint density at radius 3 is 2.79 bits per heavy atom. The highest BCUT2D eigenvalue weighted by Crippen LogP contribution is 2.37. The summed E-state index contributed by atoms with van der Waals surface area (Å²) in [5.41, 5.74) is 6.06. The van der Waals surface area contributed by atoms with E-state index in [1.807, 2.05) is 6.92 Å². The van der Waals surface area contributed by atoms with Gasteiger partial charge in [0.05, 0.1) is 6.61 Å². The van der Waals surface area contributed by atoms with E-state index in [1.165, 1.54) is 6.42 Å². The molecule has 1 aliphatic rings. The van der Waals surface area contributed by atoms with E-state index in [0.717, 1.165) is 19.3 Å². The van der Waals surface area contributed by atoms with Crippen molar-refractivity contribution >= 4 is 11.9 Å². The van der Waals surface area contributed by atoms with E-state index in [4.69, 9.17) is 10.5 Å². The van der Waals surface area contributed by atoms with Crippen molar-refractivity contribution in [3.63, 3.8) is 0 Å². The van der Waals surface area contributed by atoms with Crippen LogP contribution in [0.15, 0.2) is 0 Å². The molecule has 0 saturated heterocycles. The highest BCUT2D eigenvalue weighted by molar-refractivity contribution is 5.34. The van der Waals surface area contributed by atoms with Crippen LogP contribution in [0, 0.1) is 5.41 Å². The zero-order valence-electron chi connectivity index (χ0n) is 11.9. The van der Waals surface area contributed by atoms with Gasteiger partial charge in [0.25, 0.3) is 0 Å². The molecule has 1 atom stereocenters. The average molecular weight is 265 g/mol. The topological polar surface area (TPSA) is 86.0 Å². The van der Waals surface area contributed by atoms with Crippen molar-refractivity contribution in [2.45, 2.75) is 52.5 Å². The van der Waals surface area contributed by atoms with Gasteiger partial charge in [0.2, 0.25) is 11.9 Å². The molecule has 2 rings (SSSR count). The lowest BCUT2D eigenvalue weighted by molar-refractivity contribution is 0.292. The van der Waals surface area contributed by atoms with Gasteiger partial charge in [-0.15, -0.1) is 0 Å². The van der Waals surface area contributed by atoms with E-state index in [1.54, 1.807) is 0 Å². The fourth-order valence-electron chi connectivity index (χ4n) is 2.44. The Balaban J connectivity index is 2.02. The minimum absolute atomic E-state index is 0.195. The minimum Gasteiger partial charge on any atom is -0.463 e. The minimum atomic E-state index is 0.195. The third kappa shape index (κ3) is 3.94. The molecule has 1 aliphatic carbocycles. The molecule has 0 aromatic carbocycles. The molecule has 0 aliphatic heterocycles. The SMILES string of the molecule is CCCOc1nc(N)nc(NC2CCC(C)(C)C2)n1. The van der Waals surface area contributed by atoms with Crippen LogP contribution in [0.1, 0.15) is 46.5 Å². The molecule has 1 unspecified atom stereocenters. The summed E-state index contributed by atoms with van der Waals surface area (Å²) in [6, 6.07) is 0.699. The first kappa shape index (κ1) is 13.8. The maximum atomic E-state index is 5.68. The summed E-state index contributed by atoms with van der Waals surface area (Å²) < 4.78 is 5.40. The smallest absolute Gasteiger partial charge is 0.323 e. The largest absolute Gasteiger partial charge is 0.463 e. The molecule has 0 radical (unpaired) electrons. The number of rotatable bonds is 5. The maximum absolute atomic E-state index is 5.68. The lowest BCUT2D eigenvalue weighted by atomic mass is 9.92. The van der Waals surface area contributed by atoms with Gasteiger partial charge < -0.3 is 15.8 Å². The van der Waals surface area contributed by atoms with Crippen LogP contribution in [-0.4, -0.2) is 27.6 Å². The lowest BCUT2D eigenvalue weighted by Gasteiger charge is -2.18. The van der Waals surface area contributed by atoms with Crippen molar-refractivity contribution in [2.75, 3.05) is 17.7 Å². The third-order valence-electron chi connectivity index (χ3n) is 3.37. The number of anilines is 2. The van der Waals surface area contributed by atoms with E-state index >= 15 is 0 Å². The van der Waals surface area contributed by atoms with Crippen LogP contribution in [0.4, 0.5) is 11.9 Å². The summed E-state index contributed by atoms with van der Waals surface area (Å²) in [7, 11) is 0. The van der Waals surface area contributed by atoms with Crippen molar-refractivity contribution in [3.05, 3.63) is 0 Å². The second-order valence-electron chi connectivity index (χ2n) is 5.90. The highest BCUT2D eigenvalue weighted by atomic mass is 16.5. The van der Waals surface area contributed by atoms with Gasteiger partial charge in [0.15, 0.2) is 0 Å². The number of nitrogens with two attached hydrogens (primary N) is 1. The molecule has 1 aromatic heterocycles. The summed E-state index contributed by atoms with van der Waals surface area (Å²) in [4.78, 5) is 12.3. The molecule has 1 saturated carbocycles. The fourth-order valence-corrected chi connectivity index (χ4v) is 2.44. The van der Waals surface area contributed by atoms with Gasteiger partial charge in [0.1, 0.15) is 0 Å². The summed E-state index contributed by atoms with van der Waals surface area (Å²) in [6.07, 6.45) is 4.36. The zero-order chi connectivity index (χ0) is 13.9. The number of nitrogens with zero attached hydrogens (tertiary/aromatic N) is 3. The summed E-state index contributed by atoms with van der Waals surface area (Å²) >= 11 is 0. The molecular weight excluding hydrogens is 242 g/mol. The second kappa shape index (κ2) is 5.59. The molecule has 0 amide bonds. The van der Waals surface area contributed by atoms with Crippen molar-refractivity contribution in [2.24, 2.45) is 5.41 Å². The van der Waals surface area contributed by atoms with Crippen LogP contribution in [-0.2, 0) is 0 Å². The van der Waals surface area contributed by atoms with Crippen LogP contribution < -0.4 is 15.8 Å². The molecule has 0 bridgehead atoms. The Hall–Kier alpha value is -1.59. The van der Waals surface area contributed by atoms with E-state index < -0.39 is 0 Å². The number of nitrogens with one attached hydrogen (secondary N) is 1. The molecule has 6 heteroatoms. The van der Waals surface area contributed by atoms with Gasteiger partial charge >= 0.3 is 6.01 Å². The maximum Gasteiger partial charge on any atom is 0.323 e. The van der Waals surface area contributed by atoms with Gasteiger partial charge in [-0.25, -0.2) is 0 Å². The summed E-state index contributed by atoms with van der Waals surface area (Å²) in [5.74, 6) is 0.710. The molecule has 106 valence electrons. The van der Waals surface area contributed by atoms with Crippen molar-refractivity contribution in [1.82, 2.24) is 15.0 Å². The van der Waals surface area contributed by atoms with Crippen LogP contribution in [0.3, 0.4) is 0 Å². The van der Waals surface area contributed by atoms with Crippen molar-refractivity contribution in [1.29, 1.82) is 0 Å². The molecule has 6 nitrogen and oxygen atoms in total. The van der Waals surface area contributed by atoms with Gasteiger partial charge in [-0.1, -0.05) is 20.8 Å². The first-order valence-electron chi connectivity index (χ1n) is 6.89. The standard InChI is InChI=1S/C13H23N5O/c1-4-7-19-12-17-10(14)16-11(18-12)15-9-5-6-13(2,3)8-9/h9H,4-8H2,1-3H3,(H3,14,15,16,17,18). The normalized spacial score (nSPS) is 21.3. The molecule has 3 N–H and O–H groups in total. The van der Waals surface area contributed by atoms with Crippen LogP contribution in [0.5, 0.6) is 6.01 Å². The summed E-state index contributed by atoms with van der Waals surface area (Å²) in [5, 5.41) is 3.33. The number of hydrogen-bond donors (Lipinski definition) is 2. The third-order valence-corrected chi connectivity index (χ3v) is 3.37. The molecule has 1 fully saturated rings. The Bertz CT molecular complexity index is 435. The Morgan fingerprint density at radius 1 is 1.37 bits per heavy atom. The van der Waals surface area contributed by atoms with Gasteiger partial charge in [0, 0.05) is 6.04 Å². The lowest BCUT2D eigenvalue weighted by Crippen LogP contribution is -2.20. The van der Waals surface area contributed by atoms with Crippen molar-refractivity contribution in [3.8, 4) is 6.01 Å². The summed E-state index contributed by atoms with van der Waals surface area (Å²) in [6.45, 7) is 7.18. The first-order chi connectivity index (χ1) is 8.98. The Labute approximate surface area is 114 Å². The second-order valence-corrected chi connectivity index (χ2v) is 5.90. The average Bonchev–Trinajstić information content (AvgIpc) is 2.65. The van der Waals surface area contributed by atoms with Gasteiger partial charge in [-0.05, 0) is 31.1 Å². The van der Waals surface area contributed by atoms with E-state index in [-0.39, 0.29) is 5.95 Å². The number of ether oxygens (including phenoxy) is 1. The number of nitrogen functional groups attached to an aromatic ring is 1. The van der Waals surface area contributed by atoms with Gasteiger partial charge in [-0.3, -0.25) is 0 Å². The molecular formula is C13H23N5O. The van der Waals surface area contributed by atoms with Crippen LogP contribution in [0.2, 0.25) is 0 Å². The Morgan fingerprint density at radius 2 is 2.16 bits per heavy atom. The highest BCUT2D eigenvalue weighted by Gasteiger charge is 2.31. The predicted octanol–water partition coefficient (Wildman–Crippen LogP) is 2.23. The number of hydrogen-bond acceptors (Lipinski definition) is 6. The zero-order valence-corrected chi connectivity index (χ0v) is 11.9. The molecule has 19 heavy (non-hydrogen) atoms. The predicted molar refractivity (Wildman–Crippen MR) is 75.1 cm³/mol. The van der Waals surface area contributed by atoms with Crippen LogP contribution in [0.25, 0.3) is 0 Å². The first-order valence-corrected chi connectivity index (χ1v) is 6.89. The monoisotopic (exact) mass is 265 g/mol.